The van der Waals surface area contributed by atoms with Crippen molar-refractivity contribution in [1.82, 2.24) is 5.32 Å². The Morgan fingerprint density at radius 1 is 1.19 bits per heavy atom. The summed E-state index contributed by atoms with van der Waals surface area (Å²) in [6.07, 6.45) is 10.8. The largest absolute Gasteiger partial charge is 0.370 e. The van der Waals surface area contributed by atoms with E-state index in [1.807, 2.05) is 0 Å². The van der Waals surface area contributed by atoms with E-state index in [2.05, 4.69) is 36.5 Å². The minimum atomic E-state index is 0.265. The monoisotopic (exact) mass is 287 g/mol. The van der Waals surface area contributed by atoms with Gasteiger partial charge in [-0.05, 0) is 51.1 Å². The van der Waals surface area contributed by atoms with Crippen LogP contribution in [0.3, 0.4) is 0 Å². The van der Waals surface area contributed by atoms with E-state index in [9.17, 15) is 0 Å². The van der Waals surface area contributed by atoms with Gasteiger partial charge in [-0.1, -0.05) is 49.1 Å². The standard InChI is InChI=1S/C19H29NO/c1-16-6-5-7-17(14-16)9-13-20-15-18-8-12-19(21-18)10-3-2-4-11-19/h5-7,14,18,20H,2-4,8-13,15H2,1H3. The number of ether oxygens (including phenoxy) is 1. The molecule has 1 atom stereocenters. The molecule has 0 radical (unpaired) electrons. The van der Waals surface area contributed by atoms with Gasteiger partial charge in [0.05, 0.1) is 11.7 Å². The van der Waals surface area contributed by atoms with Crippen LogP contribution in [0.15, 0.2) is 24.3 Å². The van der Waals surface area contributed by atoms with Crippen LogP contribution >= 0.6 is 0 Å². The van der Waals surface area contributed by atoms with Gasteiger partial charge in [-0.25, -0.2) is 0 Å². The average Bonchev–Trinajstić information content (AvgIpc) is 2.87. The lowest BCUT2D eigenvalue weighted by Gasteiger charge is -2.33. The average molecular weight is 287 g/mol. The Balaban J connectivity index is 1.36. The van der Waals surface area contributed by atoms with Crippen molar-refractivity contribution in [2.24, 2.45) is 0 Å². The molecular weight excluding hydrogens is 258 g/mol. The van der Waals surface area contributed by atoms with E-state index < -0.39 is 0 Å². The Labute approximate surface area is 129 Å². The van der Waals surface area contributed by atoms with Crippen molar-refractivity contribution in [3.63, 3.8) is 0 Å². The van der Waals surface area contributed by atoms with Crippen LogP contribution < -0.4 is 5.32 Å². The molecule has 1 spiro atoms. The molecule has 2 aliphatic rings. The highest BCUT2D eigenvalue weighted by Crippen LogP contribution is 2.41. The van der Waals surface area contributed by atoms with Crippen molar-refractivity contribution in [2.75, 3.05) is 13.1 Å². The lowest BCUT2D eigenvalue weighted by molar-refractivity contribution is -0.0622. The summed E-state index contributed by atoms with van der Waals surface area (Å²) in [5.41, 5.74) is 3.05. The Kier molecular flexibility index (Phi) is 4.97. The molecule has 1 aromatic carbocycles. The van der Waals surface area contributed by atoms with Crippen LogP contribution in [0.5, 0.6) is 0 Å². The summed E-state index contributed by atoms with van der Waals surface area (Å²) in [5.74, 6) is 0. The zero-order valence-corrected chi connectivity index (χ0v) is 13.4. The zero-order valence-electron chi connectivity index (χ0n) is 13.4. The molecule has 3 rings (SSSR count). The minimum absolute atomic E-state index is 0.265. The molecule has 1 saturated heterocycles. The fraction of sp³-hybridized carbons (Fsp3) is 0.684. The molecule has 1 aromatic rings. The molecule has 0 aromatic heterocycles. The maximum atomic E-state index is 6.40. The van der Waals surface area contributed by atoms with E-state index in [-0.39, 0.29) is 5.60 Å². The van der Waals surface area contributed by atoms with Crippen molar-refractivity contribution >= 4 is 0 Å². The highest BCUT2D eigenvalue weighted by atomic mass is 16.5. The molecule has 2 fully saturated rings. The van der Waals surface area contributed by atoms with Gasteiger partial charge in [0, 0.05) is 6.54 Å². The van der Waals surface area contributed by atoms with Crippen molar-refractivity contribution in [3.8, 4) is 0 Å². The van der Waals surface area contributed by atoms with E-state index in [0.717, 1.165) is 19.5 Å². The van der Waals surface area contributed by atoms with Gasteiger partial charge in [-0.2, -0.15) is 0 Å². The quantitative estimate of drug-likeness (QED) is 0.826. The molecule has 0 bridgehead atoms. The number of aryl methyl sites for hydroxylation is 1. The molecule has 1 heterocycles. The molecule has 0 amide bonds. The number of nitrogens with one attached hydrogen (secondary N) is 1. The molecule has 1 aliphatic carbocycles. The predicted octanol–water partition coefficient (Wildman–Crippen LogP) is 4.01. The summed E-state index contributed by atoms with van der Waals surface area (Å²) >= 11 is 0. The summed E-state index contributed by atoms with van der Waals surface area (Å²) in [6.45, 7) is 4.23. The minimum Gasteiger partial charge on any atom is -0.370 e. The van der Waals surface area contributed by atoms with E-state index in [1.54, 1.807) is 0 Å². The highest BCUT2D eigenvalue weighted by molar-refractivity contribution is 5.22. The SMILES string of the molecule is Cc1cccc(CCNCC2CCC3(CCCCC3)O2)c1. The molecule has 21 heavy (non-hydrogen) atoms. The van der Waals surface area contributed by atoms with Crippen molar-refractivity contribution in [3.05, 3.63) is 35.4 Å². The third-order valence-corrected chi connectivity index (χ3v) is 5.15. The van der Waals surface area contributed by atoms with Crippen molar-refractivity contribution in [2.45, 2.75) is 70.0 Å². The Hall–Kier alpha value is -0.860. The van der Waals surface area contributed by atoms with Gasteiger partial charge in [-0.15, -0.1) is 0 Å². The van der Waals surface area contributed by atoms with Gasteiger partial charge in [0.15, 0.2) is 0 Å². The van der Waals surface area contributed by atoms with Crippen LogP contribution in [0.1, 0.15) is 56.1 Å². The van der Waals surface area contributed by atoms with Crippen LogP contribution in [0.25, 0.3) is 0 Å². The van der Waals surface area contributed by atoms with Crippen LogP contribution in [-0.2, 0) is 11.2 Å². The predicted molar refractivity (Wildman–Crippen MR) is 87.7 cm³/mol. The van der Waals surface area contributed by atoms with Gasteiger partial charge in [-0.3, -0.25) is 0 Å². The second-order valence-electron chi connectivity index (χ2n) is 6.97. The molecule has 1 unspecified atom stereocenters. The maximum absolute atomic E-state index is 6.40. The fourth-order valence-corrected chi connectivity index (χ4v) is 3.97. The Morgan fingerprint density at radius 2 is 2.05 bits per heavy atom. The third-order valence-electron chi connectivity index (χ3n) is 5.15. The molecule has 1 N–H and O–H groups in total. The molecule has 1 saturated carbocycles. The number of hydrogen-bond donors (Lipinski definition) is 1. The summed E-state index contributed by atoms with van der Waals surface area (Å²) in [7, 11) is 0. The topological polar surface area (TPSA) is 21.3 Å². The summed E-state index contributed by atoms with van der Waals surface area (Å²) < 4.78 is 6.40. The fourth-order valence-electron chi connectivity index (χ4n) is 3.97. The Bertz CT molecular complexity index is 451. The normalized spacial score (nSPS) is 24.5. The van der Waals surface area contributed by atoms with Gasteiger partial charge in [0.1, 0.15) is 0 Å². The van der Waals surface area contributed by atoms with Crippen LogP contribution in [0.2, 0.25) is 0 Å². The van der Waals surface area contributed by atoms with Gasteiger partial charge in [0.2, 0.25) is 0 Å². The first-order valence-electron chi connectivity index (χ1n) is 8.70. The number of rotatable bonds is 5. The summed E-state index contributed by atoms with van der Waals surface area (Å²) in [4.78, 5) is 0. The molecule has 2 heteroatoms. The first kappa shape index (κ1) is 15.1. The van der Waals surface area contributed by atoms with Crippen molar-refractivity contribution in [1.29, 1.82) is 0 Å². The smallest absolute Gasteiger partial charge is 0.0708 e. The van der Waals surface area contributed by atoms with Crippen molar-refractivity contribution < 1.29 is 4.74 Å². The summed E-state index contributed by atoms with van der Waals surface area (Å²) in [6, 6.07) is 8.81. The molecule has 116 valence electrons. The molecule has 1 aliphatic heterocycles. The highest BCUT2D eigenvalue weighted by Gasteiger charge is 2.40. The lowest BCUT2D eigenvalue weighted by atomic mass is 9.83. The van der Waals surface area contributed by atoms with Crippen LogP contribution in [-0.4, -0.2) is 24.8 Å². The second kappa shape index (κ2) is 6.93. The molecular formula is C19H29NO. The third kappa shape index (κ3) is 4.08. The lowest BCUT2D eigenvalue weighted by Crippen LogP contribution is -2.35. The first-order chi connectivity index (χ1) is 10.3. The van der Waals surface area contributed by atoms with E-state index >= 15 is 0 Å². The number of hydrogen-bond acceptors (Lipinski definition) is 2. The summed E-state index contributed by atoms with van der Waals surface area (Å²) in [5, 5.41) is 3.59. The first-order valence-corrected chi connectivity index (χ1v) is 8.70. The van der Waals surface area contributed by atoms with Gasteiger partial charge in [0.25, 0.3) is 0 Å². The van der Waals surface area contributed by atoms with Crippen LogP contribution in [0.4, 0.5) is 0 Å². The van der Waals surface area contributed by atoms with Gasteiger partial charge >= 0.3 is 0 Å². The van der Waals surface area contributed by atoms with Crippen LogP contribution in [0, 0.1) is 6.92 Å². The maximum Gasteiger partial charge on any atom is 0.0708 e. The second-order valence-corrected chi connectivity index (χ2v) is 6.97. The molecule has 2 nitrogen and oxygen atoms in total. The van der Waals surface area contributed by atoms with E-state index in [0.29, 0.717) is 6.10 Å². The van der Waals surface area contributed by atoms with E-state index in [1.165, 1.54) is 56.1 Å². The van der Waals surface area contributed by atoms with Gasteiger partial charge < -0.3 is 10.1 Å². The Morgan fingerprint density at radius 3 is 2.86 bits per heavy atom. The zero-order chi connectivity index (χ0) is 14.5. The number of benzene rings is 1. The van der Waals surface area contributed by atoms with E-state index in [4.69, 9.17) is 4.74 Å².